The number of amides is 2. The van der Waals surface area contributed by atoms with Crippen molar-refractivity contribution in [2.75, 3.05) is 19.4 Å². The number of carbonyl (C=O) groups is 2. The Morgan fingerprint density at radius 3 is 2.29 bits per heavy atom. The van der Waals surface area contributed by atoms with Crippen LogP contribution in [0.3, 0.4) is 0 Å². The maximum Gasteiger partial charge on any atom is 0.260 e. The first-order chi connectivity index (χ1) is 11.5. The molecule has 2 amide bonds. The van der Waals surface area contributed by atoms with Crippen LogP contribution in [0.5, 0.6) is 0 Å². The van der Waals surface area contributed by atoms with Gasteiger partial charge in [-0.15, -0.1) is 0 Å². The molecule has 5 nitrogen and oxygen atoms in total. The van der Waals surface area contributed by atoms with Crippen molar-refractivity contribution >= 4 is 23.1 Å². The molecule has 0 aliphatic carbocycles. The minimum Gasteiger partial charge on any atom is -0.361 e. The molecule has 0 saturated heterocycles. The van der Waals surface area contributed by atoms with E-state index in [0.717, 1.165) is 12.2 Å². The normalized spacial score (nSPS) is 15.4. The van der Waals surface area contributed by atoms with Gasteiger partial charge in [-0.3, -0.25) is 14.9 Å². The van der Waals surface area contributed by atoms with Crippen LogP contribution in [0.2, 0.25) is 0 Å². The van der Waals surface area contributed by atoms with Crippen LogP contribution in [-0.4, -0.2) is 30.8 Å². The lowest BCUT2D eigenvalue weighted by atomic mass is 9.96. The summed E-state index contributed by atoms with van der Waals surface area (Å²) < 4.78 is 0. The van der Waals surface area contributed by atoms with Crippen LogP contribution in [-0.2, 0) is 11.3 Å². The number of fused-ring (bicyclic) bond motifs is 1. The van der Waals surface area contributed by atoms with Crippen molar-refractivity contribution in [3.63, 3.8) is 0 Å². The summed E-state index contributed by atoms with van der Waals surface area (Å²) in [5, 5.41) is 5.49. The van der Waals surface area contributed by atoms with Crippen LogP contribution in [0.25, 0.3) is 5.57 Å². The van der Waals surface area contributed by atoms with Crippen LogP contribution < -0.4 is 10.6 Å². The number of hydrogen-bond acceptors (Lipinski definition) is 4. The molecule has 0 bridgehead atoms. The molecule has 3 rings (SSSR count). The molecule has 2 aromatic carbocycles. The first kappa shape index (κ1) is 16.0. The average Bonchev–Trinajstić information content (AvgIpc) is 2.55. The third kappa shape index (κ3) is 3.36. The Morgan fingerprint density at radius 2 is 1.62 bits per heavy atom. The largest absolute Gasteiger partial charge is 0.361 e. The molecule has 0 unspecified atom stereocenters. The van der Waals surface area contributed by atoms with Crippen LogP contribution >= 0.6 is 0 Å². The van der Waals surface area contributed by atoms with Crippen molar-refractivity contribution in [2.45, 2.75) is 6.54 Å². The third-order valence-corrected chi connectivity index (χ3v) is 3.77. The van der Waals surface area contributed by atoms with Crippen molar-refractivity contribution in [1.82, 2.24) is 10.2 Å². The second-order valence-electron chi connectivity index (χ2n) is 5.97. The summed E-state index contributed by atoms with van der Waals surface area (Å²) in [6.45, 7) is 0.874. The van der Waals surface area contributed by atoms with E-state index < -0.39 is 5.91 Å². The number of hydrogen-bond donors (Lipinski definition) is 2. The highest BCUT2D eigenvalue weighted by Crippen LogP contribution is 2.24. The highest BCUT2D eigenvalue weighted by Gasteiger charge is 2.26. The van der Waals surface area contributed by atoms with E-state index in [-0.39, 0.29) is 5.91 Å². The molecule has 24 heavy (non-hydrogen) atoms. The lowest BCUT2D eigenvalue weighted by molar-refractivity contribution is -0.114. The van der Waals surface area contributed by atoms with Gasteiger partial charge in [0.2, 0.25) is 0 Å². The Kier molecular flexibility index (Phi) is 4.44. The molecule has 1 aliphatic rings. The minimum atomic E-state index is -0.393. The Balaban J connectivity index is 1.82. The van der Waals surface area contributed by atoms with Gasteiger partial charge in [-0.1, -0.05) is 30.3 Å². The smallest absolute Gasteiger partial charge is 0.260 e. The molecule has 5 heteroatoms. The van der Waals surface area contributed by atoms with Gasteiger partial charge in [-0.25, -0.2) is 0 Å². The van der Waals surface area contributed by atoms with E-state index in [1.54, 1.807) is 24.4 Å². The summed E-state index contributed by atoms with van der Waals surface area (Å²) in [5.74, 6) is -0.754. The number of benzene rings is 2. The number of carbonyl (C=O) groups excluding carboxylic acids is 2. The third-order valence-electron chi connectivity index (χ3n) is 3.77. The summed E-state index contributed by atoms with van der Waals surface area (Å²) >= 11 is 0. The van der Waals surface area contributed by atoms with Gasteiger partial charge >= 0.3 is 0 Å². The van der Waals surface area contributed by atoms with Gasteiger partial charge in [-0.2, -0.15) is 0 Å². The molecule has 122 valence electrons. The molecule has 0 fully saturated rings. The van der Waals surface area contributed by atoms with Gasteiger partial charge in [-0.05, 0) is 37.9 Å². The number of rotatable bonds is 4. The van der Waals surface area contributed by atoms with Crippen LogP contribution in [0.1, 0.15) is 21.5 Å². The summed E-state index contributed by atoms with van der Waals surface area (Å²) in [6, 6.07) is 15.1. The van der Waals surface area contributed by atoms with Gasteiger partial charge in [0.1, 0.15) is 0 Å². The van der Waals surface area contributed by atoms with Crippen LogP contribution in [0, 0.1) is 0 Å². The summed E-state index contributed by atoms with van der Waals surface area (Å²) in [6.07, 6.45) is 1.64. The quantitative estimate of drug-likeness (QED) is 0.671. The predicted molar refractivity (Wildman–Crippen MR) is 94.3 cm³/mol. The van der Waals surface area contributed by atoms with E-state index in [1.165, 1.54) is 5.56 Å². The molecule has 0 aromatic heterocycles. The van der Waals surface area contributed by atoms with E-state index in [1.807, 2.05) is 44.4 Å². The fourth-order valence-electron chi connectivity index (χ4n) is 2.65. The van der Waals surface area contributed by atoms with Crippen molar-refractivity contribution in [2.24, 2.45) is 0 Å². The number of nitrogens with one attached hydrogen (secondary N) is 2. The zero-order chi connectivity index (χ0) is 17.1. The molecule has 0 saturated carbocycles. The molecule has 0 radical (unpaired) electrons. The summed E-state index contributed by atoms with van der Waals surface area (Å²) in [4.78, 5) is 26.1. The molecule has 1 aliphatic heterocycles. The number of imide groups is 1. The lowest BCUT2D eigenvalue weighted by Gasteiger charge is -2.18. The number of nitrogens with zero attached hydrogens (tertiary/aromatic N) is 1. The van der Waals surface area contributed by atoms with Crippen molar-refractivity contribution < 1.29 is 9.59 Å². The fraction of sp³-hybridized carbons (Fsp3) is 0.158. The second-order valence-corrected chi connectivity index (χ2v) is 5.97. The summed E-state index contributed by atoms with van der Waals surface area (Å²) in [5.41, 5.74) is 3.69. The van der Waals surface area contributed by atoms with Gasteiger partial charge < -0.3 is 10.2 Å². The van der Waals surface area contributed by atoms with Crippen molar-refractivity contribution in [3.05, 3.63) is 71.4 Å². The highest BCUT2D eigenvalue weighted by atomic mass is 16.2. The van der Waals surface area contributed by atoms with Gasteiger partial charge in [0.15, 0.2) is 0 Å². The molecule has 0 spiro atoms. The first-order valence-corrected chi connectivity index (χ1v) is 7.70. The monoisotopic (exact) mass is 321 g/mol. The molecular weight excluding hydrogens is 302 g/mol. The first-order valence-electron chi connectivity index (χ1n) is 7.70. The maximum atomic E-state index is 12.1. The molecule has 0 atom stereocenters. The maximum absolute atomic E-state index is 12.1. The zero-order valence-electron chi connectivity index (χ0n) is 13.7. The van der Waals surface area contributed by atoms with Gasteiger partial charge in [0.25, 0.3) is 11.8 Å². The SMILES string of the molecule is CN(C)Cc1ccc(N/C=C2\C(=O)NC(=O)c3ccccc32)cc1. The van der Waals surface area contributed by atoms with E-state index in [9.17, 15) is 9.59 Å². The van der Waals surface area contributed by atoms with Crippen LogP contribution in [0.15, 0.2) is 54.7 Å². The Morgan fingerprint density at radius 1 is 0.958 bits per heavy atom. The second kappa shape index (κ2) is 6.68. The van der Waals surface area contributed by atoms with Gasteiger partial charge in [0, 0.05) is 29.6 Å². The predicted octanol–water partition coefficient (Wildman–Crippen LogP) is 2.47. The van der Waals surface area contributed by atoms with E-state index in [4.69, 9.17) is 0 Å². The standard InChI is InChI=1S/C19H19N3O2/c1-22(2)12-13-7-9-14(10-8-13)20-11-17-15-5-3-4-6-16(15)18(23)21-19(17)24/h3-11,20H,12H2,1-2H3,(H,21,23,24)/b17-11-. The Bertz CT molecular complexity index is 808. The summed E-state index contributed by atoms with van der Waals surface area (Å²) in [7, 11) is 4.05. The van der Waals surface area contributed by atoms with E-state index in [2.05, 4.69) is 15.5 Å². The molecule has 2 N–H and O–H groups in total. The average molecular weight is 321 g/mol. The Hall–Kier alpha value is -2.92. The highest BCUT2D eigenvalue weighted by molar-refractivity contribution is 6.31. The van der Waals surface area contributed by atoms with Crippen LogP contribution in [0.4, 0.5) is 5.69 Å². The van der Waals surface area contributed by atoms with Crippen molar-refractivity contribution in [1.29, 1.82) is 0 Å². The van der Waals surface area contributed by atoms with Crippen molar-refractivity contribution in [3.8, 4) is 0 Å². The lowest BCUT2D eigenvalue weighted by Crippen LogP contribution is -2.36. The molecular formula is C19H19N3O2. The van der Waals surface area contributed by atoms with E-state index >= 15 is 0 Å². The number of anilines is 1. The topological polar surface area (TPSA) is 61.4 Å². The molecule has 1 heterocycles. The minimum absolute atomic E-state index is 0.360. The zero-order valence-corrected chi connectivity index (χ0v) is 13.7. The van der Waals surface area contributed by atoms with E-state index in [0.29, 0.717) is 16.7 Å². The molecule has 2 aromatic rings. The Labute approximate surface area is 141 Å². The van der Waals surface area contributed by atoms with Gasteiger partial charge in [0.05, 0.1) is 5.57 Å². The fourth-order valence-corrected chi connectivity index (χ4v) is 2.65.